The van der Waals surface area contributed by atoms with E-state index in [1.807, 2.05) is 17.0 Å². The van der Waals surface area contributed by atoms with E-state index in [4.69, 9.17) is 32.8 Å². The van der Waals surface area contributed by atoms with Gasteiger partial charge in [-0.25, -0.2) is 0 Å². The lowest BCUT2D eigenvalue weighted by molar-refractivity contribution is 0.179. The number of aliphatic hydroxyl groups excluding tert-OH is 1. The molecule has 2 rings (SSSR count). The molecule has 0 bridgehead atoms. The van der Waals surface area contributed by atoms with Gasteiger partial charge in [0.05, 0.1) is 23.2 Å². The highest BCUT2D eigenvalue weighted by molar-refractivity contribution is 6.42. The third kappa shape index (κ3) is 4.18. The number of hydrogen-bond acceptors (Lipinski definition) is 5. The van der Waals surface area contributed by atoms with E-state index in [2.05, 4.69) is 10.1 Å². The monoisotopic (exact) mass is 315 g/mol. The fourth-order valence-corrected chi connectivity index (χ4v) is 2.18. The van der Waals surface area contributed by atoms with Gasteiger partial charge in [0, 0.05) is 20.0 Å². The van der Waals surface area contributed by atoms with Crippen LogP contribution in [0, 0.1) is 6.92 Å². The lowest BCUT2D eigenvalue weighted by Gasteiger charge is -2.19. The molecule has 0 spiro atoms. The van der Waals surface area contributed by atoms with Gasteiger partial charge in [0.25, 0.3) is 0 Å². The number of aryl methyl sites for hydroxylation is 1. The molecule has 0 aliphatic rings. The molecule has 0 aliphatic carbocycles. The lowest BCUT2D eigenvalue weighted by atomic mass is 10.2. The highest BCUT2D eigenvalue weighted by atomic mass is 35.5. The minimum absolute atomic E-state index is 0.0537. The van der Waals surface area contributed by atoms with E-state index in [-0.39, 0.29) is 6.61 Å². The Morgan fingerprint density at radius 3 is 2.65 bits per heavy atom. The maximum absolute atomic E-state index is 9.14. The van der Waals surface area contributed by atoms with Crippen LogP contribution in [0.4, 0.5) is 0 Å². The van der Waals surface area contributed by atoms with Crippen molar-refractivity contribution in [1.29, 1.82) is 0 Å². The van der Waals surface area contributed by atoms with Crippen LogP contribution >= 0.6 is 23.2 Å². The van der Waals surface area contributed by atoms with Crippen molar-refractivity contribution in [3.05, 3.63) is 45.5 Å². The Balaban J connectivity index is 2.06. The highest BCUT2D eigenvalue weighted by Gasteiger charge is 2.11. The Hall–Kier alpha value is -1.14. The van der Waals surface area contributed by atoms with Crippen molar-refractivity contribution >= 4 is 23.2 Å². The van der Waals surface area contributed by atoms with Crippen molar-refractivity contribution in [3.8, 4) is 0 Å². The number of rotatable bonds is 6. The molecule has 0 aliphatic heterocycles. The zero-order valence-corrected chi connectivity index (χ0v) is 12.5. The van der Waals surface area contributed by atoms with Gasteiger partial charge in [0.2, 0.25) is 5.89 Å². The van der Waals surface area contributed by atoms with Crippen molar-refractivity contribution < 1.29 is 9.63 Å². The number of aromatic nitrogens is 2. The summed E-state index contributed by atoms with van der Waals surface area (Å²) in [5, 5.41) is 14.0. The molecular formula is C13H15Cl2N3O2. The van der Waals surface area contributed by atoms with Crippen molar-refractivity contribution in [2.45, 2.75) is 20.0 Å². The summed E-state index contributed by atoms with van der Waals surface area (Å²) in [7, 11) is 0. The maximum Gasteiger partial charge on any atom is 0.223 e. The Labute approximate surface area is 127 Å². The van der Waals surface area contributed by atoms with Crippen LogP contribution in [-0.2, 0) is 13.1 Å². The van der Waals surface area contributed by atoms with Crippen LogP contribution in [0.15, 0.2) is 22.7 Å². The summed E-state index contributed by atoms with van der Waals surface area (Å²) in [4.78, 5) is 6.16. The van der Waals surface area contributed by atoms with Crippen LogP contribution < -0.4 is 0 Å². The summed E-state index contributed by atoms with van der Waals surface area (Å²) in [5.41, 5.74) is 1.01. The third-order valence-corrected chi connectivity index (χ3v) is 3.48. The topological polar surface area (TPSA) is 62.4 Å². The molecule has 108 valence electrons. The van der Waals surface area contributed by atoms with Crippen LogP contribution in [-0.4, -0.2) is 33.3 Å². The van der Waals surface area contributed by atoms with Crippen molar-refractivity contribution in [2.24, 2.45) is 0 Å². The summed E-state index contributed by atoms with van der Waals surface area (Å²) < 4.78 is 4.94. The third-order valence-electron chi connectivity index (χ3n) is 2.74. The van der Waals surface area contributed by atoms with Gasteiger partial charge >= 0.3 is 0 Å². The largest absolute Gasteiger partial charge is 0.395 e. The predicted molar refractivity (Wildman–Crippen MR) is 76.7 cm³/mol. The summed E-state index contributed by atoms with van der Waals surface area (Å²) in [6.07, 6.45) is 0. The van der Waals surface area contributed by atoms with E-state index in [0.717, 1.165) is 5.56 Å². The molecule has 1 heterocycles. The van der Waals surface area contributed by atoms with Gasteiger partial charge < -0.3 is 9.63 Å². The SMILES string of the molecule is Cc1nc(CN(CCO)Cc2ccc(Cl)c(Cl)c2)no1. The van der Waals surface area contributed by atoms with Crippen LogP contribution in [0.2, 0.25) is 10.0 Å². The zero-order valence-electron chi connectivity index (χ0n) is 11.0. The van der Waals surface area contributed by atoms with Crippen LogP contribution in [0.1, 0.15) is 17.3 Å². The van der Waals surface area contributed by atoms with Gasteiger partial charge in [-0.05, 0) is 17.7 Å². The summed E-state index contributed by atoms with van der Waals surface area (Å²) in [5.74, 6) is 1.12. The zero-order chi connectivity index (χ0) is 14.5. The van der Waals surface area contributed by atoms with E-state index in [0.29, 0.717) is 41.4 Å². The van der Waals surface area contributed by atoms with E-state index >= 15 is 0 Å². The molecule has 5 nitrogen and oxygen atoms in total. The molecule has 0 radical (unpaired) electrons. The second-order valence-corrected chi connectivity index (χ2v) is 5.23. The Morgan fingerprint density at radius 2 is 2.05 bits per heavy atom. The molecular weight excluding hydrogens is 301 g/mol. The minimum atomic E-state index is 0.0537. The number of nitrogens with zero attached hydrogens (tertiary/aromatic N) is 3. The molecule has 0 unspecified atom stereocenters. The molecule has 7 heteroatoms. The van der Waals surface area contributed by atoms with Crippen LogP contribution in [0.3, 0.4) is 0 Å². The molecule has 0 saturated heterocycles. The predicted octanol–water partition coefficient (Wildman–Crippen LogP) is 2.68. The quantitative estimate of drug-likeness (QED) is 0.888. The van der Waals surface area contributed by atoms with E-state index in [9.17, 15) is 0 Å². The van der Waals surface area contributed by atoms with Gasteiger partial charge in [-0.15, -0.1) is 0 Å². The number of hydrogen-bond donors (Lipinski definition) is 1. The average molecular weight is 316 g/mol. The van der Waals surface area contributed by atoms with Crippen LogP contribution in [0.25, 0.3) is 0 Å². The average Bonchev–Trinajstić information content (AvgIpc) is 2.80. The number of halogens is 2. The van der Waals surface area contributed by atoms with Gasteiger partial charge in [-0.3, -0.25) is 4.90 Å². The second-order valence-electron chi connectivity index (χ2n) is 4.41. The lowest BCUT2D eigenvalue weighted by Crippen LogP contribution is -2.26. The first-order valence-corrected chi connectivity index (χ1v) is 6.90. The van der Waals surface area contributed by atoms with Crippen LogP contribution in [0.5, 0.6) is 0 Å². The first-order valence-electron chi connectivity index (χ1n) is 6.15. The molecule has 20 heavy (non-hydrogen) atoms. The van der Waals surface area contributed by atoms with Gasteiger partial charge in [-0.1, -0.05) is 34.4 Å². The molecule has 0 saturated carbocycles. The molecule has 1 aromatic heterocycles. The van der Waals surface area contributed by atoms with Gasteiger partial charge in [0.15, 0.2) is 5.82 Å². The van der Waals surface area contributed by atoms with Crippen molar-refractivity contribution in [2.75, 3.05) is 13.2 Å². The second kappa shape index (κ2) is 7.04. The standard InChI is InChI=1S/C13H15Cl2N3O2/c1-9-16-13(17-20-9)8-18(4-5-19)7-10-2-3-11(14)12(15)6-10/h2-3,6,19H,4-5,7-8H2,1H3. The molecule has 0 atom stereocenters. The summed E-state index contributed by atoms with van der Waals surface area (Å²) >= 11 is 11.9. The summed E-state index contributed by atoms with van der Waals surface area (Å²) in [6, 6.07) is 5.48. The van der Waals surface area contributed by atoms with E-state index < -0.39 is 0 Å². The van der Waals surface area contributed by atoms with E-state index in [1.54, 1.807) is 13.0 Å². The molecule has 0 amide bonds. The fourth-order valence-electron chi connectivity index (χ4n) is 1.86. The fraction of sp³-hybridized carbons (Fsp3) is 0.385. The molecule has 2 aromatic rings. The van der Waals surface area contributed by atoms with Crippen molar-refractivity contribution in [1.82, 2.24) is 15.0 Å². The molecule has 1 aromatic carbocycles. The Kier molecular flexibility index (Phi) is 5.37. The summed E-state index contributed by atoms with van der Waals surface area (Å²) in [6.45, 7) is 3.42. The first kappa shape index (κ1) is 15.3. The van der Waals surface area contributed by atoms with Gasteiger partial charge in [-0.2, -0.15) is 4.98 Å². The minimum Gasteiger partial charge on any atom is -0.395 e. The molecule has 0 fully saturated rings. The normalized spacial score (nSPS) is 11.2. The van der Waals surface area contributed by atoms with Gasteiger partial charge in [0.1, 0.15) is 0 Å². The number of benzene rings is 1. The van der Waals surface area contributed by atoms with E-state index in [1.165, 1.54) is 0 Å². The smallest absolute Gasteiger partial charge is 0.223 e. The molecule has 1 N–H and O–H groups in total. The maximum atomic E-state index is 9.14. The highest BCUT2D eigenvalue weighted by Crippen LogP contribution is 2.23. The number of aliphatic hydroxyl groups is 1. The van der Waals surface area contributed by atoms with Crippen molar-refractivity contribution in [3.63, 3.8) is 0 Å². The Bertz CT molecular complexity index is 574. The Morgan fingerprint density at radius 1 is 1.25 bits per heavy atom. The first-order chi connectivity index (χ1) is 9.58.